The molecule has 0 aliphatic rings. The van der Waals surface area contributed by atoms with Crippen LogP contribution in [-0.4, -0.2) is 34.3 Å². The van der Waals surface area contributed by atoms with E-state index in [0.717, 1.165) is 16.9 Å². The highest BCUT2D eigenvalue weighted by molar-refractivity contribution is 5.88. The molecule has 0 fully saturated rings. The minimum atomic E-state index is -0.684. The number of amides is 2. The van der Waals surface area contributed by atoms with Gasteiger partial charge in [-0.3, -0.25) is 0 Å². The predicted molar refractivity (Wildman–Crippen MR) is 98.5 cm³/mol. The lowest BCUT2D eigenvalue weighted by molar-refractivity contribution is -0.00640. The van der Waals surface area contributed by atoms with Gasteiger partial charge in [0.1, 0.15) is 11.2 Å². The normalized spacial score (nSPS) is 13.1. The molecule has 0 saturated carbocycles. The van der Waals surface area contributed by atoms with Crippen LogP contribution in [0.2, 0.25) is 0 Å². The molecular formula is C20H31NO4. The monoisotopic (exact) mass is 349 g/mol. The summed E-state index contributed by atoms with van der Waals surface area (Å²) in [7, 11) is 0. The molecule has 0 spiro atoms. The van der Waals surface area contributed by atoms with Crippen molar-refractivity contribution in [2.45, 2.75) is 78.6 Å². The Balaban J connectivity index is 2.88. The summed E-state index contributed by atoms with van der Waals surface area (Å²) in [6.45, 7) is 12.5. The zero-order valence-electron chi connectivity index (χ0n) is 16.5. The number of hydrogen-bond donors (Lipinski definition) is 0. The maximum atomic E-state index is 12.5. The van der Waals surface area contributed by atoms with Crippen molar-refractivity contribution in [3.63, 3.8) is 0 Å². The summed E-state index contributed by atoms with van der Waals surface area (Å²) in [5.41, 5.74) is -0.213. The Hall–Kier alpha value is -2.04. The van der Waals surface area contributed by atoms with E-state index >= 15 is 0 Å². The third-order valence-corrected chi connectivity index (χ3v) is 3.31. The average Bonchev–Trinajstić information content (AvgIpc) is 2.42. The van der Waals surface area contributed by atoms with Crippen molar-refractivity contribution in [2.75, 3.05) is 0 Å². The highest BCUT2D eigenvalue weighted by Gasteiger charge is 2.34. The fraction of sp³-hybridized carbons (Fsp3) is 0.600. The number of hydrogen-bond acceptors (Lipinski definition) is 4. The van der Waals surface area contributed by atoms with Gasteiger partial charge in [-0.15, -0.1) is 0 Å². The molecule has 5 heteroatoms. The van der Waals surface area contributed by atoms with Gasteiger partial charge < -0.3 is 9.47 Å². The van der Waals surface area contributed by atoms with E-state index in [1.807, 2.05) is 37.3 Å². The summed E-state index contributed by atoms with van der Waals surface area (Å²) >= 11 is 0. The van der Waals surface area contributed by atoms with Gasteiger partial charge in [0.2, 0.25) is 0 Å². The molecule has 1 rings (SSSR count). The standard InChI is InChI=1S/C20H31NO4/c1-15(13-14-16-11-9-8-10-12-16)21(17(22)24-19(2,3)4)18(23)25-20(5,6)7/h8-12,15H,13-14H2,1-7H3. The highest BCUT2D eigenvalue weighted by atomic mass is 16.6. The fourth-order valence-corrected chi connectivity index (χ4v) is 2.21. The van der Waals surface area contributed by atoms with Crippen molar-refractivity contribution < 1.29 is 19.1 Å². The molecule has 0 saturated heterocycles. The summed E-state index contributed by atoms with van der Waals surface area (Å²) in [5.74, 6) is 0. The van der Waals surface area contributed by atoms with Crippen LogP contribution >= 0.6 is 0 Å². The third-order valence-electron chi connectivity index (χ3n) is 3.31. The lowest BCUT2D eigenvalue weighted by Gasteiger charge is -2.32. The summed E-state index contributed by atoms with van der Waals surface area (Å²) in [6.07, 6.45) is 0.0247. The number of carbonyl (C=O) groups is 2. The number of benzene rings is 1. The van der Waals surface area contributed by atoms with E-state index in [1.165, 1.54) is 0 Å². The molecule has 0 heterocycles. The first-order valence-corrected chi connectivity index (χ1v) is 8.68. The van der Waals surface area contributed by atoms with Gasteiger partial charge in [0.25, 0.3) is 0 Å². The molecule has 1 aromatic rings. The third kappa shape index (κ3) is 8.05. The lowest BCUT2D eigenvalue weighted by atomic mass is 10.1. The van der Waals surface area contributed by atoms with Crippen LogP contribution in [0.4, 0.5) is 9.59 Å². The summed E-state index contributed by atoms with van der Waals surface area (Å²) in [4.78, 5) is 26.2. The van der Waals surface area contributed by atoms with Crippen molar-refractivity contribution in [1.29, 1.82) is 0 Å². The number of ether oxygens (including phenoxy) is 2. The van der Waals surface area contributed by atoms with Crippen LogP contribution < -0.4 is 0 Å². The number of carbonyl (C=O) groups excluding carboxylic acids is 2. The maximum Gasteiger partial charge on any atom is 0.420 e. The molecule has 140 valence electrons. The van der Waals surface area contributed by atoms with Crippen molar-refractivity contribution in [1.82, 2.24) is 4.90 Å². The van der Waals surface area contributed by atoms with E-state index in [-0.39, 0.29) is 6.04 Å². The minimum Gasteiger partial charge on any atom is -0.443 e. The summed E-state index contributed by atoms with van der Waals surface area (Å²) in [5, 5.41) is 0. The molecule has 1 aromatic carbocycles. The molecule has 1 unspecified atom stereocenters. The van der Waals surface area contributed by atoms with E-state index < -0.39 is 23.4 Å². The van der Waals surface area contributed by atoms with Crippen LogP contribution in [0.1, 0.15) is 60.5 Å². The fourth-order valence-electron chi connectivity index (χ4n) is 2.21. The first-order chi connectivity index (χ1) is 11.4. The SMILES string of the molecule is CC(CCc1ccccc1)N(C(=O)OC(C)(C)C)C(=O)OC(C)(C)C. The Morgan fingerprint density at radius 2 is 1.36 bits per heavy atom. The van der Waals surface area contributed by atoms with Crippen molar-refractivity contribution >= 4 is 12.2 Å². The molecule has 0 radical (unpaired) electrons. The number of nitrogens with zero attached hydrogens (tertiary/aromatic N) is 1. The Morgan fingerprint density at radius 1 is 0.920 bits per heavy atom. The lowest BCUT2D eigenvalue weighted by Crippen LogP contribution is -2.48. The molecule has 0 N–H and O–H groups in total. The largest absolute Gasteiger partial charge is 0.443 e. The van der Waals surface area contributed by atoms with Gasteiger partial charge in [0.05, 0.1) is 0 Å². The van der Waals surface area contributed by atoms with E-state index in [0.29, 0.717) is 6.42 Å². The average molecular weight is 349 g/mol. The van der Waals surface area contributed by atoms with Gasteiger partial charge in [-0.05, 0) is 66.9 Å². The van der Waals surface area contributed by atoms with Gasteiger partial charge in [-0.2, -0.15) is 0 Å². The van der Waals surface area contributed by atoms with Crippen LogP contribution in [0.5, 0.6) is 0 Å². The molecule has 0 aliphatic carbocycles. The second kappa shape index (κ2) is 8.37. The van der Waals surface area contributed by atoms with Gasteiger partial charge in [0.15, 0.2) is 0 Å². The van der Waals surface area contributed by atoms with Gasteiger partial charge in [-0.1, -0.05) is 30.3 Å². The predicted octanol–water partition coefficient (Wildman–Crippen LogP) is 5.18. The van der Waals surface area contributed by atoms with E-state index in [4.69, 9.17) is 9.47 Å². The first kappa shape index (κ1) is 21.0. The van der Waals surface area contributed by atoms with Crippen LogP contribution in [0.25, 0.3) is 0 Å². The minimum absolute atomic E-state index is 0.343. The van der Waals surface area contributed by atoms with Gasteiger partial charge in [-0.25, -0.2) is 14.5 Å². The molecule has 25 heavy (non-hydrogen) atoms. The van der Waals surface area contributed by atoms with E-state index in [9.17, 15) is 9.59 Å². The van der Waals surface area contributed by atoms with Crippen LogP contribution in [0.3, 0.4) is 0 Å². The Kier molecular flexibility index (Phi) is 7.03. The topological polar surface area (TPSA) is 55.8 Å². The second-order valence-corrected chi connectivity index (χ2v) is 8.20. The van der Waals surface area contributed by atoms with E-state index in [2.05, 4.69) is 0 Å². The molecule has 1 atom stereocenters. The Labute approximate surface area is 151 Å². The highest BCUT2D eigenvalue weighted by Crippen LogP contribution is 2.19. The summed E-state index contributed by atoms with van der Waals surface area (Å²) < 4.78 is 10.8. The quantitative estimate of drug-likeness (QED) is 0.751. The van der Waals surface area contributed by atoms with Crippen molar-refractivity contribution in [3.05, 3.63) is 35.9 Å². The zero-order chi connectivity index (χ0) is 19.3. The zero-order valence-corrected chi connectivity index (χ0v) is 16.5. The maximum absolute atomic E-state index is 12.5. The smallest absolute Gasteiger partial charge is 0.420 e. The molecule has 0 bridgehead atoms. The number of imide groups is 1. The molecule has 5 nitrogen and oxygen atoms in total. The van der Waals surface area contributed by atoms with Gasteiger partial charge in [0, 0.05) is 6.04 Å². The van der Waals surface area contributed by atoms with Crippen molar-refractivity contribution in [3.8, 4) is 0 Å². The first-order valence-electron chi connectivity index (χ1n) is 8.68. The van der Waals surface area contributed by atoms with Crippen LogP contribution in [-0.2, 0) is 15.9 Å². The van der Waals surface area contributed by atoms with Crippen LogP contribution in [0, 0.1) is 0 Å². The Morgan fingerprint density at radius 3 is 1.76 bits per heavy atom. The number of rotatable bonds is 4. The number of aryl methyl sites for hydroxylation is 1. The molecular weight excluding hydrogens is 318 g/mol. The van der Waals surface area contributed by atoms with Crippen molar-refractivity contribution in [2.24, 2.45) is 0 Å². The molecule has 0 aliphatic heterocycles. The Bertz CT molecular complexity index is 542. The van der Waals surface area contributed by atoms with E-state index in [1.54, 1.807) is 41.5 Å². The molecule has 0 aromatic heterocycles. The molecule has 2 amide bonds. The second-order valence-electron chi connectivity index (χ2n) is 8.20. The van der Waals surface area contributed by atoms with Gasteiger partial charge >= 0.3 is 12.2 Å². The van der Waals surface area contributed by atoms with Crippen LogP contribution in [0.15, 0.2) is 30.3 Å². The summed E-state index contributed by atoms with van der Waals surface area (Å²) in [6, 6.07) is 9.61.